The maximum Gasteiger partial charge on any atom is 0.259 e. The number of rotatable bonds is 11. The molecule has 1 aromatic heterocycles. The van der Waals surface area contributed by atoms with Gasteiger partial charge in [0.05, 0.1) is 12.2 Å². The van der Waals surface area contributed by atoms with Crippen LogP contribution in [0.3, 0.4) is 0 Å². The van der Waals surface area contributed by atoms with Crippen LogP contribution >= 0.6 is 11.3 Å². The summed E-state index contributed by atoms with van der Waals surface area (Å²) in [4.78, 5) is 16.0. The van der Waals surface area contributed by atoms with Crippen LogP contribution in [0.4, 0.5) is 5.69 Å². The third-order valence-corrected chi connectivity index (χ3v) is 9.10. The molecule has 5 heteroatoms. The third-order valence-electron chi connectivity index (χ3n) is 8.13. The van der Waals surface area contributed by atoms with E-state index in [1.165, 1.54) is 85.6 Å². The number of amides is 1. The molecule has 0 bridgehead atoms. The van der Waals surface area contributed by atoms with E-state index in [0.717, 1.165) is 31.1 Å². The van der Waals surface area contributed by atoms with Crippen LogP contribution in [0.15, 0.2) is 53.9 Å². The molecular weight excluding hydrogens is 488 g/mol. The van der Waals surface area contributed by atoms with Crippen LogP contribution < -0.4 is 10.1 Å². The predicted octanol–water partition coefficient (Wildman–Crippen LogP) is 8.92. The highest BCUT2D eigenvalue weighted by Crippen LogP contribution is 2.37. The summed E-state index contributed by atoms with van der Waals surface area (Å²) in [6, 6.07) is 14.6. The zero-order valence-electron chi connectivity index (χ0n) is 22.8. The second-order valence-electron chi connectivity index (χ2n) is 10.8. The molecule has 38 heavy (non-hydrogen) atoms. The van der Waals surface area contributed by atoms with Gasteiger partial charge in [-0.25, -0.2) is 0 Å². The minimum Gasteiger partial charge on any atom is -0.493 e. The van der Waals surface area contributed by atoms with Crippen molar-refractivity contribution < 1.29 is 9.53 Å². The lowest BCUT2D eigenvalue weighted by Gasteiger charge is -2.33. The van der Waals surface area contributed by atoms with Crippen LogP contribution in [0.2, 0.25) is 0 Å². The Labute approximate surface area is 232 Å². The number of para-hydroxylation sites is 1. The van der Waals surface area contributed by atoms with Crippen molar-refractivity contribution in [1.29, 1.82) is 0 Å². The third kappa shape index (κ3) is 6.68. The standard InChI is InChI=1S/C33H42N2O2S/c1-2-3-4-5-6-11-22-37-31-14-8-7-13-28(31)33(36)34-26-16-18-32-29(23-26)30(24-38-32)25-15-17-27-12-9-10-20-35(27)21-19-25/h7-8,13-14,16,18-19,23-24,27H,2-6,9-12,15,17,20-22H2,1H3,(H,34,36). The van der Waals surface area contributed by atoms with Crippen LogP contribution in [0.5, 0.6) is 5.75 Å². The Morgan fingerprint density at radius 3 is 2.84 bits per heavy atom. The average Bonchev–Trinajstić information content (AvgIpc) is 3.24. The SMILES string of the molecule is CCCCCCCCOc1ccccc1C(=O)Nc1ccc2scc(C3=CCN4CCCCC4CC3)c2c1. The van der Waals surface area contributed by atoms with Gasteiger partial charge in [0.1, 0.15) is 5.75 Å². The molecule has 0 aliphatic carbocycles. The van der Waals surface area contributed by atoms with E-state index >= 15 is 0 Å². The zero-order valence-corrected chi connectivity index (χ0v) is 23.7. The number of thiophene rings is 1. The summed E-state index contributed by atoms with van der Waals surface area (Å²) >= 11 is 1.80. The summed E-state index contributed by atoms with van der Waals surface area (Å²) in [5.74, 6) is 0.543. The molecule has 2 aromatic carbocycles. The molecule has 0 saturated carbocycles. The Kier molecular flexibility index (Phi) is 9.53. The average molecular weight is 531 g/mol. The van der Waals surface area contributed by atoms with Gasteiger partial charge in [-0.3, -0.25) is 9.69 Å². The van der Waals surface area contributed by atoms with E-state index in [0.29, 0.717) is 17.9 Å². The number of anilines is 1. The van der Waals surface area contributed by atoms with E-state index < -0.39 is 0 Å². The first-order valence-electron chi connectivity index (χ1n) is 14.7. The van der Waals surface area contributed by atoms with Crippen molar-refractivity contribution in [2.75, 3.05) is 25.0 Å². The number of nitrogens with one attached hydrogen (secondary N) is 1. The Bertz CT molecular complexity index is 1250. The smallest absolute Gasteiger partial charge is 0.259 e. The molecule has 1 N–H and O–H groups in total. The summed E-state index contributed by atoms with van der Waals surface area (Å²) in [7, 11) is 0. The van der Waals surface area contributed by atoms with Gasteiger partial charge in [-0.1, -0.05) is 63.7 Å². The summed E-state index contributed by atoms with van der Waals surface area (Å²) in [5.41, 5.74) is 4.22. The van der Waals surface area contributed by atoms with Gasteiger partial charge in [0.25, 0.3) is 5.91 Å². The number of fused-ring (bicyclic) bond motifs is 2. The number of unbranched alkanes of at least 4 members (excludes halogenated alkanes) is 5. The molecule has 3 aromatic rings. The molecule has 0 radical (unpaired) electrons. The van der Waals surface area contributed by atoms with Gasteiger partial charge in [0.2, 0.25) is 0 Å². The molecule has 0 spiro atoms. The first-order chi connectivity index (χ1) is 18.7. The molecule has 1 saturated heterocycles. The van der Waals surface area contributed by atoms with E-state index in [2.05, 4.69) is 40.7 Å². The van der Waals surface area contributed by atoms with Crippen molar-refractivity contribution in [2.24, 2.45) is 0 Å². The highest BCUT2D eigenvalue weighted by atomic mass is 32.1. The first kappa shape index (κ1) is 27.0. The highest BCUT2D eigenvalue weighted by molar-refractivity contribution is 7.17. The molecule has 2 aliphatic rings. The molecule has 1 atom stereocenters. The quantitative estimate of drug-likeness (QED) is 0.252. The molecular formula is C33H42N2O2S. The number of carbonyl (C=O) groups is 1. The second-order valence-corrected chi connectivity index (χ2v) is 11.8. The van der Waals surface area contributed by atoms with Crippen molar-refractivity contribution in [3.05, 3.63) is 65.0 Å². The Hall–Kier alpha value is -2.63. The van der Waals surface area contributed by atoms with Gasteiger partial charge >= 0.3 is 0 Å². The number of allylic oxidation sites excluding steroid dienone is 1. The minimum absolute atomic E-state index is 0.120. The maximum absolute atomic E-state index is 13.3. The normalized spacial score (nSPS) is 18.0. The fourth-order valence-electron chi connectivity index (χ4n) is 5.92. The van der Waals surface area contributed by atoms with Crippen LogP contribution in [0.25, 0.3) is 15.7 Å². The van der Waals surface area contributed by atoms with Gasteiger partial charge < -0.3 is 10.1 Å². The molecule has 3 heterocycles. The molecule has 1 fully saturated rings. The number of nitrogens with zero attached hydrogens (tertiary/aromatic N) is 1. The van der Waals surface area contributed by atoms with Crippen molar-refractivity contribution in [3.8, 4) is 5.75 Å². The Balaban J connectivity index is 1.25. The highest BCUT2D eigenvalue weighted by Gasteiger charge is 2.25. The lowest BCUT2D eigenvalue weighted by atomic mass is 9.95. The number of carbonyl (C=O) groups excluding carboxylic acids is 1. The van der Waals surface area contributed by atoms with Crippen molar-refractivity contribution in [3.63, 3.8) is 0 Å². The number of ether oxygens (including phenoxy) is 1. The maximum atomic E-state index is 13.3. The molecule has 202 valence electrons. The summed E-state index contributed by atoms with van der Waals surface area (Å²) < 4.78 is 7.31. The number of hydrogen-bond donors (Lipinski definition) is 1. The van der Waals surface area contributed by atoms with Crippen LogP contribution in [-0.2, 0) is 0 Å². The molecule has 2 aliphatic heterocycles. The largest absolute Gasteiger partial charge is 0.493 e. The minimum atomic E-state index is -0.120. The summed E-state index contributed by atoms with van der Waals surface area (Å²) in [5, 5.41) is 6.69. The van der Waals surface area contributed by atoms with Crippen LogP contribution in [-0.4, -0.2) is 36.5 Å². The molecule has 1 amide bonds. The zero-order chi connectivity index (χ0) is 26.2. The van der Waals surface area contributed by atoms with Gasteiger partial charge in [0, 0.05) is 28.4 Å². The molecule has 4 nitrogen and oxygen atoms in total. The van der Waals surface area contributed by atoms with Gasteiger partial charge in [-0.15, -0.1) is 11.3 Å². The van der Waals surface area contributed by atoms with E-state index in [4.69, 9.17) is 4.74 Å². The fourth-order valence-corrected chi connectivity index (χ4v) is 6.89. The number of benzene rings is 2. The number of hydrogen-bond acceptors (Lipinski definition) is 4. The van der Waals surface area contributed by atoms with E-state index in [9.17, 15) is 4.79 Å². The summed E-state index contributed by atoms with van der Waals surface area (Å²) in [6.45, 7) is 5.18. The predicted molar refractivity (Wildman–Crippen MR) is 162 cm³/mol. The fraction of sp³-hybridized carbons (Fsp3) is 0.485. The lowest BCUT2D eigenvalue weighted by Crippen LogP contribution is -2.38. The van der Waals surface area contributed by atoms with E-state index in [1.807, 2.05) is 30.3 Å². The van der Waals surface area contributed by atoms with E-state index in [1.54, 1.807) is 11.3 Å². The monoisotopic (exact) mass is 530 g/mol. The van der Waals surface area contributed by atoms with Crippen molar-refractivity contribution in [2.45, 2.75) is 83.6 Å². The number of piperidine rings is 1. The molecule has 5 rings (SSSR count). The Morgan fingerprint density at radius 2 is 1.92 bits per heavy atom. The van der Waals surface area contributed by atoms with E-state index in [-0.39, 0.29) is 5.91 Å². The van der Waals surface area contributed by atoms with Crippen LogP contribution in [0.1, 0.15) is 93.5 Å². The Morgan fingerprint density at radius 1 is 1.05 bits per heavy atom. The van der Waals surface area contributed by atoms with Crippen molar-refractivity contribution in [1.82, 2.24) is 4.90 Å². The van der Waals surface area contributed by atoms with Gasteiger partial charge in [-0.2, -0.15) is 0 Å². The first-order valence-corrected chi connectivity index (χ1v) is 15.6. The lowest BCUT2D eigenvalue weighted by molar-refractivity contribution is 0.102. The summed E-state index contributed by atoms with van der Waals surface area (Å²) in [6.07, 6.45) is 16.2. The second kappa shape index (κ2) is 13.4. The van der Waals surface area contributed by atoms with Gasteiger partial charge in [-0.05, 0) is 85.5 Å². The van der Waals surface area contributed by atoms with Crippen molar-refractivity contribution >= 4 is 38.6 Å². The molecule has 1 unspecified atom stereocenters. The van der Waals surface area contributed by atoms with Crippen LogP contribution in [0, 0.1) is 0 Å². The van der Waals surface area contributed by atoms with Gasteiger partial charge in [0.15, 0.2) is 0 Å². The topological polar surface area (TPSA) is 41.6 Å².